The minimum atomic E-state index is -1.00. The lowest BCUT2D eigenvalue weighted by Gasteiger charge is -2.47. The predicted molar refractivity (Wildman–Crippen MR) is 63.2 cm³/mol. The second kappa shape index (κ2) is 5.35. The quantitative estimate of drug-likeness (QED) is 0.737. The van der Waals surface area contributed by atoms with E-state index in [1.807, 2.05) is 0 Å². The molecule has 1 aliphatic rings. The van der Waals surface area contributed by atoms with Gasteiger partial charge in [-0.3, -0.25) is 9.48 Å². The summed E-state index contributed by atoms with van der Waals surface area (Å²) in [6.45, 7) is 2.81. The lowest BCUT2D eigenvalue weighted by molar-refractivity contribution is -0.173. The van der Waals surface area contributed by atoms with Gasteiger partial charge >= 0.3 is 5.97 Å². The molecule has 0 atom stereocenters. The van der Waals surface area contributed by atoms with Gasteiger partial charge in [0.05, 0.1) is 25.8 Å². The van der Waals surface area contributed by atoms with Crippen molar-refractivity contribution in [1.82, 2.24) is 19.9 Å². The Morgan fingerprint density at radius 1 is 1.47 bits per heavy atom. The monoisotopic (exact) mass is 268 g/mol. The van der Waals surface area contributed by atoms with E-state index in [0.717, 1.165) is 0 Å². The van der Waals surface area contributed by atoms with Crippen LogP contribution in [0.2, 0.25) is 0 Å². The molecule has 2 rings (SSSR count). The van der Waals surface area contributed by atoms with Gasteiger partial charge in [-0.1, -0.05) is 5.21 Å². The Morgan fingerprint density at radius 3 is 2.79 bits per heavy atom. The van der Waals surface area contributed by atoms with Gasteiger partial charge in [0.2, 0.25) is 5.91 Å². The van der Waals surface area contributed by atoms with Crippen LogP contribution >= 0.6 is 0 Å². The normalized spacial score (nSPS) is 17.0. The number of aliphatic carboxylic acids is 1. The summed E-state index contributed by atoms with van der Waals surface area (Å²) in [7, 11) is 0. The molecular formula is C11H16N4O4. The third-order valence-electron chi connectivity index (χ3n) is 2.97. The molecule has 1 aromatic rings. The van der Waals surface area contributed by atoms with Crippen molar-refractivity contribution >= 4 is 11.9 Å². The van der Waals surface area contributed by atoms with E-state index in [-0.39, 0.29) is 12.5 Å². The topological polar surface area (TPSA) is 97.6 Å². The maximum atomic E-state index is 11.8. The molecule has 1 aliphatic heterocycles. The predicted octanol–water partition coefficient (Wildman–Crippen LogP) is -0.630. The van der Waals surface area contributed by atoms with Gasteiger partial charge in [-0.15, -0.1) is 5.10 Å². The van der Waals surface area contributed by atoms with E-state index in [4.69, 9.17) is 9.84 Å². The summed E-state index contributed by atoms with van der Waals surface area (Å²) >= 11 is 0. The van der Waals surface area contributed by atoms with Crippen molar-refractivity contribution in [3.05, 3.63) is 12.4 Å². The molecule has 0 spiro atoms. The minimum absolute atomic E-state index is 0.00639. The van der Waals surface area contributed by atoms with E-state index < -0.39 is 11.6 Å². The molecule has 0 bridgehead atoms. The number of nitrogens with zero attached hydrogens (tertiary/aromatic N) is 4. The number of carboxylic acids is 1. The van der Waals surface area contributed by atoms with Crippen LogP contribution in [-0.2, 0) is 20.9 Å². The zero-order valence-electron chi connectivity index (χ0n) is 10.7. The van der Waals surface area contributed by atoms with E-state index in [1.54, 1.807) is 28.9 Å². The fraction of sp³-hybridized carbons (Fsp3) is 0.636. The van der Waals surface area contributed by atoms with Gasteiger partial charge in [0.15, 0.2) is 0 Å². The molecule has 0 aromatic carbocycles. The molecule has 104 valence electrons. The number of carbonyl (C=O) groups excluding carboxylic acids is 1. The Bertz CT molecular complexity index is 453. The molecule has 1 N–H and O–H groups in total. The van der Waals surface area contributed by atoms with Crippen LogP contribution in [0.5, 0.6) is 0 Å². The number of hydrogen-bond acceptors (Lipinski definition) is 5. The van der Waals surface area contributed by atoms with Crippen LogP contribution in [0.15, 0.2) is 12.4 Å². The fourth-order valence-electron chi connectivity index (χ4n) is 1.99. The van der Waals surface area contributed by atoms with Crippen molar-refractivity contribution in [3.63, 3.8) is 0 Å². The largest absolute Gasteiger partial charge is 0.480 e. The number of carboxylic acid groups (broad SMARTS) is 1. The highest BCUT2D eigenvalue weighted by atomic mass is 16.5. The van der Waals surface area contributed by atoms with Crippen LogP contribution < -0.4 is 0 Å². The SMILES string of the molecule is CC1(OCC(=O)O)CN(C(=O)CCn2ccnn2)C1. The number of aryl methyl sites for hydroxylation is 1. The van der Waals surface area contributed by atoms with E-state index >= 15 is 0 Å². The third-order valence-corrected chi connectivity index (χ3v) is 2.97. The Balaban J connectivity index is 1.70. The molecule has 0 radical (unpaired) electrons. The molecule has 1 fully saturated rings. The van der Waals surface area contributed by atoms with Crippen molar-refractivity contribution < 1.29 is 19.4 Å². The number of aromatic nitrogens is 3. The lowest BCUT2D eigenvalue weighted by Crippen LogP contribution is -2.63. The number of hydrogen-bond donors (Lipinski definition) is 1. The molecule has 0 unspecified atom stereocenters. The number of carbonyl (C=O) groups is 2. The van der Waals surface area contributed by atoms with Gasteiger partial charge in [0, 0.05) is 12.6 Å². The molecule has 0 aliphatic carbocycles. The van der Waals surface area contributed by atoms with Crippen LogP contribution in [0, 0.1) is 0 Å². The van der Waals surface area contributed by atoms with E-state index in [9.17, 15) is 9.59 Å². The second-order valence-electron chi connectivity index (χ2n) is 4.80. The second-order valence-corrected chi connectivity index (χ2v) is 4.80. The van der Waals surface area contributed by atoms with Crippen molar-refractivity contribution in [2.75, 3.05) is 19.7 Å². The van der Waals surface area contributed by atoms with Crippen LogP contribution in [-0.4, -0.2) is 62.2 Å². The Hall–Kier alpha value is -1.96. The highest BCUT2D eigenvalue weighted by Crippen LogP contribution is 2.25. The first-order valence-electron chi connectivity index (χ1n) is 5.96. The Morgan fingerprint density at radius 2 is 2.21 bits per heavy atom. The highest BCUT2D eigenvalue weighted by Gasteiger charge is 2.42. The number of rotatable bonds is 6. The highest BCUT2D eigenvalue weighted by molar-refractivity contribution is 5.77. The number of amides is 1. The fourth-order valence-corrected chi connectivity index (χ4v) is 1.99. The summed E-state index contributed by atoms with van der Waals surface area (Å²) in [5.41, 5.74) is -0.540. The van der Waals surface area contributed by atoms with Gasteiger partial charge in [-0.2, -0.15) is 0 Å². The van der Waals surface area contributed by atoms with Gasteiger partial charge < -0.3 is 14.7 Å². The first kappa shape index (κ1) is 13.5. The lowest BCUT2D eigenvalue weighted by atomic mass is 9.96. The van der Waals surface area contributed by atoms with Crippen LogP contribution in [0.25, 0.3) is 0 Å². The molecule has 8 nitrogen and oxygen atoms in total. The summed E-state index contributed by atoms with van der Waals surface area (Å²) in [5, 5.41) is 16.0. The van der Waals surface area contributed by atoms with Gasteiger partial charge in [0.1, 0.15) is 12.2 Å². The standard InChI is InChI=1S/C11H16N4O4/c1-11(19-6-10(17)18)7-14(8-11)9(16)2-4-15-5-3-12-13-15/h3,5H,2,4,6-8H2,1H3,(H,17,18). The maximum Gasteiger partial charge on any atom is 0.329 e. The summed E-state index contributed by atoms with van der Waals surface area (Å²) < 4.78 is 6.83. The summed E-state index contributed by atoms with van der Waals surface area (Å²) in [4.78, 5) is 23.9. The molecule has 0 saturated carbocycles. The smallest absolute Gasteiger partial charge is 0.329 e. The first-order chi connectivity index (χ1) is 8.98. The third kappa shape index (κ3) is 3.50. The minimum Gasteiger partial charge on any atom is -0.480 e. The molecular weight excluding hydrogens is 252 g/mol. The maximum absolute atomic E-state index is 11.8. The number of likely N-dealkylation sites (tertiary alicyclic amines) is 1. The van der Waals surface area contributed by atoms with Crippen molar-refractivity contribution in [3.8, 4) is 0 Å². The first-order valence-corrected chi connectivity index (χ1v) is 5.96. The molecule has 2 heterocycles. The molecule has 1 amide bonds. The van der Waals surface area contributed by atoms with E-state index in [2.05, 4.69) is 10.3 Å². The van der Waals surface area contributed by atoms with E-state index in [1.165, 1.54) is 0 Å². The zero-order chi connectivity index (χ0) is 13.9. The van der Waals surface area contributed by atoms with Crippen molar-refractivity contribution in [1.29, 1.82) is 0 Å². The Labute approximate surface area is 109 Å². The molecule has 19 heavy (non-hydrogen) atoms. The summed E-state index contributed by atoms with van der Waals surface area (Å²) in [5.74, 6) is -0.996. The average Bonchev–Trinajstić information content (AvgIpc) is 2.83. The van der Waals surface area contributed by atoms with Crippen LogP contribution in [0.4, 0.5) is 0 Å². The van der Waals surface area contributed by atoms with Crippen molar-refractivity contribution in [2.24, 2.45) is 0 Å². The average molecular weight is 268 g/mol. The summed E-state index contributed by atoms with van der Waals surface area (Å²) in [6.07, 6.45) is 3.60. The Kier molecular flexibility index (Phi) is 3.79. The summed E-state index contributed by atoms with van der Waals surface area (Å²) in [6, 6.07) is 0. The van der Waals surface area contributed by atoms with Gasteiger partial charge in [-0.25, -0.2) is 4.79 Å². The van der Waals surface area contributed by atoms with Crippen molar-refractivity contribution in [2.45, 2.75) is 25.5 Å². The van der Waals surface area contributed by atoms with Crippen LogP contribution in [0.3, 0.4) is 0 Å². The molecule has 1 saturated heterocycles. The van der Waals surface area contributed by atoms with Gasteiger partial charge in [-0.05, 0) is 6.92 Å². The van der Waals surface area contributed by atoms with Gasteiger partial charge in [0.25, 0.3) is 0 Å². The van der Waals surface area contributed by atoms with Crippen LogP contribution in [0.1, 0.15) is 13.3 Å². The zero-order valence-corrected chi connectivity index (χ0v) is 10.7. The molecule has 8 heteroatoms. The number of ether oxygens (including phenoxy) is 1. The van der Waals surface area contributed by atoms with E-state index in [0.29, 0.717) is 26.1 Å². The molecule has 1 aromatic heterocycles.